The number of hydrogen-bond acceptors (Lipinski definition) is 9. The van der Waals surface area contributed by atoms with Crippen LogP contribution in [0.2, 0.25) is 0 Å². The van der Waals surface area contributed by atoms with E-state index >= 15 is 0 Å². The van der Waals surface area contributed by atoms with Crippen molar-refractivity contribution < 1.29 is 14.3 Å². The number of carbonyl (C=O) groups excluding carboxylic acids is 1. The van der Waals surface area contributed by atoms with E-state index in [9.17, 15) is 4.79 Å². The van der Waals surface area contributed by atoms with Gasteiger partial charge in [-0.25, -0.2) is 14.8 Å². The minimum Gasteiger partial charge on any atom is -0.461 e. The molecular formula is C29H38N6O3. The molecule has 0 spiro atoms. The molecule has 0 saturated heterocycles. The van der Waals surface area contributed by atoms with Crippen molar-refractivity contribution in [2.75, 3.05) is 63.1 Å². The Kier molecular flexibility index (Phi) is 9.78. The van der Waals surface area contributed by atoms with E-state index in [0.717, 1.165) is 22.8 Å². The fourth-order valence-electron chi connectivity index (χ4n) is 3.85. The number of nitrogens with zero attached hydrogens (tertiary/aromatic N) is 4. The van der Waals surface area contributed by atoms with Crippen LogP contribution < -0.4 is 15.1 Å². The van der Waals surface area contributed by atoms with Gasteiger partial charge in [-0.05, 0) is 54.8 Å². The number of anilines is 4. The van der Waals surface area contributed by atoms with Crippen molar-refractivity contribution in [2.24, 2.45) is 5.92 Å². The zero-order valence-electron chi connectivity index (χ0n) is 23.3. The number of pyridine rings is 2. The number of methoxy groups -OCH3 is 1. The standard InChI is InChI=1S/C29H38N6O3/c1-8-38-29(36)24-17-23(20-12-13-25(31-18-20)35(6)14-15-37-7)26(27(30)19(2)3)28(33-24)32-21-10-9-11-22(16-21)34(4)5/h9-13,16-19,30H,8,14-15H2,1-7H3,(H,32,33). The summed E-state index contributed by atoms with van der Waals surface area (Å²) in [4.78, 5) is 26.1. The molecule has 2 N–H and O–H groups in total. The third-order valence-corrected chi connectivity index (χ3v) is 6.06. The second-order valence-corrected chi connectivity index (χ2v) is 9.46. The maximum atomic E-state index is 12.8. The van der Waals surface area contributed by atoms with E-state index in [1.54, 1.807) is 26.3 Å². The molecule has 0 aliphatic heterocycles. The molecule has 202 valence electrons. The first-order valence-electron chi connectivity index (χ1n) is 12.7. The molecule has 0 bridgehead atoms. The van der Waals surface area contributed by atoms with Gasteiger partial charge in [-0.15, -0.1) is 0 Å². The quantitative estimate of drug-likeness (QED) is 0.248. The van der Waals surface area contributed by atoms with Gasteiger partial charge in [0.05, 0.1) is 13.2 Å². The average molecular weight is 519 g/mol. The highest BCUT2D eigenvalue weighted by Gasteiger charge is 2.23. The lowest BCUT2D eigenvalue weighted by atomic mass is 9.92. The molecule has 0 saturated carbocycles. The van der Waals surface area contributed by atoms with Crippen LogP contribution in [0.5, 0.6) is 0 Å². The first kappa shape index (κ1) is 28.6. The van der Waals surface area contributed by atoms with Gasteiger partial charge in [0, 0.05) is 69.2 Å². The Bertz CT molecular complexity index is 1260. The van der Waals surface area contributed by atoms with Crippen LogP contribution in [0.4, 0.5) is 23.0 Å². The Morgan fingerprint density at radius 3 is 2.50 bits per heavy atom. The Labute approximate surface area is 225 Å². The second-order valence-electron chi connectivity index (χ2n) is 9.46. The molecule has 0 fully saturated rings. The molecule has 1 aromatic carbocycles. The summed E-state index contributed by atoms with van der Waals surface area (Å²) in [5, 5.41) is 12.4. The number of benzene rings is 1. The smallest absolute Gasteiger partial charge is 0.357 e. The SMILES string of the molecule is CCOC(=O)c1cc(-c2ccc(N(C)CCOC)nc2)c(C(=N)C(C)C)c(Nc2cccc(N(C)C)c2)n1. The molecular weight excluding hydrogens is 480 g/mol. The van der Waals surface area contributed by atoms with Crippen LogP contribution in [0.3, 0.4) is 0 Å². The number of ether oxygens (including phenoxy) is 2. The first-order chi connectivity index (χ1) is 18.2. The Morgan fingerprint density at radius 2 is 1.89 bits per heavy atom. The zero-order valence-corrected chi connectivity index (χ0v) is 23.3. The number of nitrogens with one attached hydrogen (secondary N) is 2. The van der Waals surface area contributed by atoms with Crippen LogP contribution in [0.1, 0.15) is 36.8 Å². The Hall–Kier alpha value is -3.98. The summed E-state index contributed by atoms with van der Waals surface area (Å²) in [5.41, 5.74) is 4.44. The molecule has 38 heavy (non-hydrogen) atoms. The predicted molar refractivity (Wildman–Crippen MR) is 154 cm³/mol. The second kappa shape index (κ2) is 13.0. The van der Waals surface area contributed by atoms with E-state index in [2.05, 4.69) is 15.3 Å². The summed E-state index contributed by atoms with van der Waals surface area (Å²) in [6.45, 7) is 7.22. The maximum absolute atomic E-state index is 12.8. The van der Waals surface area contributed by atoms with Crippen LogP contribution in [0, 0.1) is 11.3 Å². The van der Waals surface area contributed by atoms with E-state index in [1.807, 2.05) is 81.2 Å². The summed E-state index contributed by atoms with van der Waals surface area (Å²) < 4.78 is 10.5. The molecule has 0 amide bonds. The summed E-state index contributed by atoms with van der Waals surface area (Å²) in [5.74, 6) is 0.613. The lowest BCUT2D eigenvalue weighted by molar-refractivity contribution is 0.0519. The number of aromatic nitrogens is 2. The lowest BCUT2D eigenvalue weighted by Crippen LogP contribution is -2.22. The van der Waals surface area contributed by atoms with Gasteiger partial charge in [-0.1, -0.05) is 19.9 Å². The monoisotopic (exact) mass is 518 g/mol. The average Bonchev–Trinajstić information content (AvgIpc) is 2.91. The highest BCUT2D eigenvalue weighted by atomic mass is 16.5. The highest BCUT2D eigenvalue weighted by molar-refractivity contribution is 6.10. The van der Waals surface area contributed by atoms with Crippen molar-refractivity contribution in [1.82, 2.24) is 9.97 Å². The van der Waals surface area contributed by atoms with Crippen LogP contribution in [0.25, 0.3) is 11.1 Å². The molecule has 0 aliphatic rings. The van der Waals surface area contributed by atoms with Crippen molar-refractivity contribution in [2.45, 2.75) is 20.8 Å². The van der Waals surface area contributed by atoms with E-state index in [-0.39, 0.29) is 18.2 Å². The number of rotatable bonds is 12. The van der Waals surface area contributed by atoms with Crippen molar-refractivity contribution in [3.63, 3.8) is 0 Å². The summed E-state index contributed by atoms with van der Waals surface area (Å²) in [6.07, 6.45) is 1.76. The van der Waals surface area contributed by atoms with Gasteiger partial charge in [0.2, 0.25) is 0 Å². The van der Waals surface area contributed by atoms with Gasteiger partial charge >= 0.3 is 5.97 Å². The molecule has 0 radical (unpaired) electrons. The van der Waals surface area contributed by atoms with Gasteiger partial charge in [0.15, 0.2) is 5.69 Å². The molecule has 9 nitrogen and oxygen atoms in total. The van der Waals surface area contributed by atoms with E-state index < -0.39 is 5.97 Å². The van der Waals surface area contributed by atoms with Crippen molar-refractivity contribution in [1.29, 1.82) is 5.41 Å². The molecule has 0 atom stereocenters. The highest BCUT2D eigenvalue weighted by Crippen LogP contribution is 2.34. The van der Waals surface area contributed by atoms with Crippen LogP contribution in [-0.2, 0) is 9.47 Å². The van der Waals surface area contributed by atoms with Gasteiger partial charge in [0.1, 0.15) is 11.6 Å². The molecule has 0 aliphatic carbocycles. The molecule has 3 aromatic rings. The molecule has 9 heteroatoms. The van der Waals surface area contributed by atoms with Crippen molar-refractivity contribution >= 4 is 34.7 Å². The van der Waals surface area contributed by atoms with Gasteiger partial charge in [-0.3, -0.25) is 0 Å². The molecule has 2 aromatic heterocycles. The normalized spacial score (nSPS) is 10.8. The Balaban J connectivity index is 2.19. The number of likely N-dealkylation sites (N-methyl/N-ethyl adjacent to an activating group) is 1. The van der Waals surface area contributed by atoms with Gasteiger partial charge < -0.3 is 30.0 Å². The summed E-state index contributed by atoms with van der Waals surface area (Å²) >= 11 is 0. The lowest BCUT2D eigenvalue weighted by Gasteiger charge is -2.21. The van der Waals surface area contributed by atoms with E-state index in [4.69, 9.17) is 14.9 Å². The van der Waals surface area contributed by atoms with Crippen LogP contribution in [0.15, 0.2) is 48.7 Å². The van der Waals surface area contributed by atoms with Crippen molar-refractivity contribution in [3.8, 4) is 11.1 Å². The number of esters is 1. The molecule has 0 unspecified atom stereocenters. The molecule has 3 rings (SSSR count). The Morgan fingerprint density at radius 1 is 1.13 bits per heavy atom. The first-order valence-corrected chi connectivity index (χ1v) is 12.7. The van der Waals surface area contributed by atoms with Crippen molar-refractivity contribution in [3.05, 3.63) is 59.9 Å². The third kappa shape index (κ3) is 6.86. The minimum atomic E-state index is -0.523. The summed E-state index contributed by atoms with van der Waals surface area (Å²) in [6, 6.07) is 13.4. The molecule has 2 heterocycles. The fourth-order valence-corrected chi connectivity index (χ4v) is 3.85. The van der Waals surface area contributed by atoms with Gasteiger partial charge in [-0.2, -0.15) is 0 Å². The van der Waals surface area contributed by atoms with E-state index in [0.29, 0.717) is 35.8 Å². The fraction of sp³-hybridized carbons (Fsp3) is 0.379. The zero-order chi connectivity index (χ0) is 27.8. The maximum Gasteiger partial charge on any atom is 0.357 e. The van der Waals surface area contributed by atoms with E-state index in [1.165, 1.54) is 0 Å². The van der Waals surface area contributed by atoms with Gasteiger partial charge in [0.25, 0.3) is 0 Å². The number of carbonyl (C=O) groups is 1. The topological polar surface area (TPSA) is 104 Å². The summed E-state index contributed by atoms with van der Waals surface area (Å²) in [7, 11) is 7.57. The predicted octanol–water partition coefficient (Wildman–Crippen LogP) is 5.24. The largest absolute Gasteiger partial charge is 0.461 e. The van der Waals surface area contributed by atoms with Crippen LogP contribution >= 0.6 is 0 Å². The number of hydrogen-bond donors (Lipinski definition) is 2. The third-order valence-electron chi connectivity index (χ3n) is 6.06. The minimum absolute atomic E-state index is 0.0786. The van der Waals surface area contributed by atoms with Crippen LogP contribution in [-0.4, -0.2) is 69.7 Å².